The average Bonchev–Trinajstić information content (AvgIpc) is 3.78. The number of aliphatic hydroxyl groups excluding tert-OH is 1. The third kappa shape index (κ3) is 14.1. The monoisotopic (exact) mass is 963 g/mol. The quantitative estimate of drug-likeness (QED) is 0.167. The lowest BCUT2D eigenvalue weighted by Gasteiger charge is -2.25. The van der Waals surface area contributed by atoms with E-state index in [1.807, 2.05) is 52.0 Å². The Labute approximate surface area is 411 Å². The number of anilines is 2. The molecule has 13 nitrogen and oxygen atoms in total. The molecule has 17 heteroatoms. The molecule has 4 aliphatic heterocycles. The molecule has 2 aromatic rings. The Morgan fingerprint density at radius 2 is 1.07 bits per heavy atom. The Morgan fingerprint density at radius 1 is 0.681 bits per heavy atom. The Balaban J connectivity index is 0.000000358. The van der Waals surface area contributed by atoms with Crippen molar-refractivity contribution in [2.45, 2.75) is 151 Å². The van der Waals surface area contributed by atoms with Gasteiger partial charge in [0.05, 0.1) is 29.4 Å². The molecule has 0 aromatic heterocycles. The van der Waals surface area contributed by atoms with E-state index in [4.69, 9.17) is 31.4 Å². The summed E-state index contributed by atoms with van der Waals surface area (Å²) in [5.74, 6) is -5.20. The molecule has 4 heterocycles. The van der Waals surface area contributed by atoms with Gasteiger partial charge in [-0.05, 0) is 141 Å². The molecule has 2 saturated heterocycles. The summed E-state index contributed by atoms with van der Waals surface area (Å²) in [6.07, 6.45) is 7.30. The number of cyclic esters (lactones) is 2. The Hall–Kier alpha value is -4.93. The predicted molar refractivity (Wildman–Crippen MR) is 270 cm³/mol. The Kier molecular flexibility index (Phi) is 19.0. The zero-order valence-corrected chi connectivity index (χ0v) is 41.5. The summed E-state index contributed by atoms with van der Waals surface area (Å²) in [4.78, 5) is 51.6. The van der Waals surface area contributed by atoms with Crippen LogP contribution in [0.25, 0.3) is 12.2 Å². The number of ether oxygens (including phenoxy) is 6. The number of carbonyl (C=O) groups excluding carboxylic acids is 4. The molecule has 69 heavy (non-hydrogen) atoms. The van der Waals surface area contributed by atoms with E-state index in [2.05, 4.69) is 0 Å². The van der Waals surface area contributed by atoms with Crippen molar-refractivity contribution in [3.63, 3.8) is 0 Å². The summed E-state index contributed by atoms with van der Waals surface area (Å²) in [6.45, 7) is 19.5. The maximum absolute atomic E-state index is 15.2. The van der Waals surface area contributed by atoms with Crippen molar-refractivity contribution in [2.75, 3.05) is 23.7 Å². The molecule has 4 aliphatic rings. The maximum atomic E-state index is 15.2. The van der Waals surface area contributed by atoms with E-state index in [0.29, 0.717) is 53.0 Å². The van der Waals surface area contributed by atoms with Crippen LogP contribution in [0.3, 0.4) is 0 Å². The van der Waals surface area contributed by atoms with Gasteiger partial charge in [0.1, 0.15) is 48.4 Å². The molecule has 0 bridgehead atoms. The van der Waals surface area contributed by atoms with Gasteiger partial charge in [0.2, 0.25) is 0 Å². The van der Waals surface area contributed by atoms with Crippen LogP contribution in [-0.2, 0) is 38.0 Å². The highest BCUT2D eigenvalue weighted by Crippen LogP contribution is 2.39. The van der Waals surface area contributed by atoms with Gasteiger partial charge in [-0.25, -0.2) is 18.4 Å². The molecule has 10 atom stereocenters. The van der Waals surface area contributed by atoms with Gasteiger partial charge in [0, 0.05) is 32.1 Å². The fourth-order valence-electron chi connectivity index (χ4n) is 8.62. The number of aryl methyl sites for hydroxylation is 2. The fourth-order valence-corrected chi connectivity index (χ4v) is 8.62. The molecular weight excluding hydrogens is 888 g/mol. The molecule has 0 spiro atoms. The first-order chi connectivity index (χ1) is 32.9. The van der Waals surface area contributed by atoms with Crippen LogP contribution < -0.4 is 9.62 Å². The first kappa shape index (κ1) is 55.0. The Bertz CT molecular complexity index is 2160. The topological polar surface area (TPSA) is 150 Å². The molecule has 0 unspecified atom stereocenters. The van der Waals surface area contributed by atoms with Gasteiger partial charge in [0.15, 0.2) is 11.6 Å². The summed E-state index contributed by atoms with van der Waals surface area (Å²) in [7, 11) is 6.30. The van der Waals surface area contributed by atoms with Crippen molar-refractivity contribution in [3.8, 4) is 0 Å². The molecule has 2 fully saturated rings. The van der Waals surface area contributed by atoms with Crippen LogP contribution in [-0.4, -0.2) is 113 Å². The van der Waals surface area contributed by atoms with Crippen LogP contribution >= 0.6 is 0 Å². The van der Waals surface area contributed by atoms with Crippen LogP contribution in [0.5, 0.6) is 0 Å². The molecule has 1 N–H and O–H groups in total. The highest BCUT2D eigenvalue weighted by Gasteiger charge is 2.46. The fraction of sp³-hybridized carbons (Fsp3) is 0.538. The molecule has 0 saturated carbocycles. The lowest BCUT2D eigenvalue weighted by molar-refractivity contribution is -0.153. The summed E-state index contributed by atoms with van der Waals surface area (Å²) < 4.78 is 75.5. The van der Waals surface area contributed by atoms with Gasteiger partial charge in [-0.15, -0.1) is 0 Å². The first-order valence-corrected chi connectivity index (χ1v) is 23.1. The number of carbonyl (C=O) groups is 4. The largest absolute Gasteiger partial charge is 0.458 e. The van der Waals surface area contributed by atoms with E-state index >= 15 is 4.39 Å². The maximum Gasteiger partial charge on any atom is 0.339 e. The number of benzene rings is 2. The minimum absolute atomic E-state index is 0. The lowest BCUT2D eigenvalue weighted by Crippen LogP contribution is -2.36. The van der Waals surface area contributed by atoms with Crippen molar-refractivity contribution < 1.29 is 64.5 Å². The number of nitrogens with zero attached hydrogens (tertiary/aromatic N) is 2. The molecular formula is C52H72B2F2N2O11. The minimum Gasteiger partial charge on any atom is -0.458 e. The second kappa shape index (κ2) is 23.8. The summed E-state index contributed by atoms with van der Waals surface area (Å²) >= 11 is 0. The van der Waals surface area contributed by atoms with Crippen LogP contribution in [0.2, 0.25) is 0 Å². The van der Waals surface area contributed by atoms with Crippen LogP contribution in [0.15, 0.2) is 60.2 Å². The van der Waals surface area contributed by atoms with Crippen molar-refractivity contribution in [3.05, 3.63) is 93.6 Å². The zero-order valence-electron chi connectivity index (χ0n) is 43.5. The van der Waals surface area contributed by atoms with E-state index < -0.39 is 77.8 Å². The van der Waals surface area contributed by atoms with E-state index in [-0.39, 0.29) is 25.3 Å². The van der Waals surface area contributed by atoms with Crippen molar-refractivity contribution in [1.82, 2.24) is 0 Å². The van der Waals surface area contributed by atoms with Crippen LogP contribution in [0.4, 0.5) is 20.2 Å². The SMILES string of the molecule is C.Cc1cc(N(C)[B]C=O)cc2c1C(=O)O[C@@H](C)[C@H](C)/C=C(/F)[C@@H](C)[C@H]1OC(C)(C)O[C@H]1C/C=C/2.Cc1cc(N(C)[B]C=O)cc2c1C(=O)O[C@@H](C)[C@H](C)/C=C(/F)[C@@H](O)[C@H]1OC(C)(C)O[C@H]1C/C=C/2.[2H][2H]. The Morgan fingerprint density at radius 3 is 1.49 bits per heavy atom. The van der Waals surface area contributed by atoms with Crippen molar-refractivity contribution in [1.29, 1.82) is 0 Å². The van der Waals surface area contributed by atoms with Gasteiger partial charge >= 0.3 is 26.8 Å². The predicted octanol–water partition coefficient (Wildman–Crippen LogP) is 9.30. The second-order valence-electron chi connectivity index (χ2n) is 19.1. The third-order valence-electron chi connectivity index (χ3n) is 12.7. The number of hydrogen-bond donors (Lipinski definition) is 1. The molecule has 6 rings (SSSR count). The molecule has 376 valence electrons. The van der Waals surface area contributed by atoms with Gasteiger partial charge in [-0.2, -0.15) is 0 Å². The average molecular weight is 963 g/mol. The van der Waals surface area contributed by atoms with Gasteiger partial charge in [-0.1, -0.05) is 52.5 Å². The van der Waals surface area contributed by atoms with E-state index in [9.17, 15) is 28.7 Å². The van der Waals surface area contributed by atoms with Gasteiger partial charge in [0.25, 0.3) is 0 Å². The highest BCUT2D eigenvalue weighted by atomic mass is 19.1. The van der Waals surface area contributed by atoms with Crippen LogP contribution in [0.1, 0.15) is 129 Å². The summed E-state index contributed by atoms with van der Waals surface area (Å²) in [5.41, 5.74) is 5.00. The molecule has 0 amide bonds. The number of rotatable bonds is 6. The molecule has 0 aliphatic carbocycles. The standard InChI is InChI=1S/C26H34BFNO5.C25H32BFNO6.CH4.H2/c1-15-12-21(28)17(3)24-22(33-26(5,6)34-24)10-8-9-19-13-20(29(7)27-14-30)11-16(2)23(19)25(31)32-18(15)4;1-14-11-19(27)22(30)23-20(33-25(4,5)34-23)9-7-8-17-12-18(28(6)26-13-29)10-15(2)21(17)24(31)32-16(14)3;;/h8-9,11-15,17-18,22,24H,10H2,1-7H3;7-8,10-14,16,20,22-23,30H,9H2,1-6H3;1H4;1H/b9-8+,21-12+;8-7+,19-11+;;/t15-,17-,18+,22+,24-;14-,16+,20+,22-,23+;;/m11../s1/i;;;1+1D. The number of aliphatic hydroxyl groups is 1. The molecule has 2 radical (unpaired) electrons. The lowest BCUT2D eigenvalue weighted by atomic mass is 9.91. The van der Waals surface area contributed by atoms with E-state index in [1.165, 1.54) is 27.0 Å². The van der Waals surface area contributed by atoms with Crippen LogP contribution in [0, 0.1) is 31.6 Å². The van der Waals surface area contributed by atoms with Crippen molar-refractivity contribution in [2.24, 2.45) is 17.8 Å². The number of halogens is 2. The smallest absolute Gasteiger partial charge is 0.339 e. The first-order valence-electron chi connectivity index (χ1n) is 24.1. The second-order valence-corrected chi connectivity index (χ2v) is 19.1. The molecule has 2 aromatic carbocycles. The van der Waals surface area contributed by atoms with Crippen molar-refractivity contribution >= 4 is 62.7 Å². The van der Waals surface area contributed by atoms with E-state index in [1.54, 1.807) is 96.5 Å². The van der Waals surface area contributed by atoms with E-state index in [0.717, 1.165) is 16.9 Å². The van der Waals surface area contributed by atoms with Gasteiger partial charge in [-0.3, -0.25) is 0 Å². The minimum atomic E-state index is -1.51. The highest BCUT2D eigenvalue weighted by molar-refractivity contribution is 6.70. The third-order valence-corrected chi connectivity index (χ3v) is 12.7. The number of hydrogen-bond acceptors (Lipinski definition) is 13. The zero-order chi connectivity index (χ0) is 52.4. The number of fused-ring (bicyclic) bond motifs is 4. The summed E-state index contributed by atoms with van der Waals surface area (Å²) in [5, 5.41) is 10.7. The normalized spacial score (nSPS) is 31.4. The number of esters is 2. The summed E-state index contributed by atoms with van der Waals surface area (Å²) in [6, 6.07) is 7.27. The van der Waals surface area contributed by atoms with Gasteiger partial charge < -0.3 is 52.7 Å².